The number of nitrogens with one attached hydrogen (secondary N) is 1. The van der Waals surface area contributed by atoms with E-state index in [1.165, 1.54) is 37.0 Å². The summed E-state index contributed by atoms with van der Waals surface area (Å²) in [6, 6.07) is 20.5. The number of pyridine rings is 1. The summed E-state index contributed by atoms with van der Waals surface area (Å²) >= 11 is 0. The molecule has 0 radical (unpaired) electrons. The van der Waals surface area contributed by atoms with Gasteiger partial charge in [0.05, 0.1) is 60.5 Å². The van der Waals surface area contributed by atoms with E-state index in [-0.39, 0.29) is 34.7 Å². The van der Waals surface area contributed by atoms with Crippen molar-refractivity contribution in [3.05, 3.63) is 117 Å². The number of halogens is 3. The number of aromatic nitrogens is 1. The Morgan fingerprint density at radius 1 is 0.930 bits per heavy atom. The third kappa shape index (κ3) is 5.24. The summed E-state index contributed by atoms with van der Waals surface area (Å²) in [5, 5.41) is 3.12. The summed E-state index contributed by atoms with van der Waals surface area (Å²) in [5.74, 6) is -1.39. The fourth-order valence-corrected chi connectivity index (χ4v) is 5.54. The first-order valence-electron chi connectivity index (χ1n) is 13.5. The monoisotopic (exact) mass is 590 g/mol. The van der Waals surface area contributed by atoms with Gasteiger partial charge in [-0.25, -0.2) is 4.79 Å². The minimum absolute atomic E-state index is 0.00566. The fourth-order valence-electron chi connectivity index (χ4n) is 5.54. The summed E-state index contributed by atoms with van der Waals surface area (Å²) in [6.45, 7) is 3.17. The first-order chi connectivity index (χ1) is 20.6. The molecule has 4 aromatic rings. The van der Waals surface area contributed by atoms with Crippen LogP contribution in [0.1, 0.15) is 36.5 Å². The third-order valence-electron chi connectivity index (χ3n) is 7.33. The van der Waals surface area contributed by atoms with Crippen LogP contribution in [-0.4, -0.2) is 31.4 Å². The van der Waals surface area contributed by atoms with Gasteiger partial charge in [-0.05, 0) is 55.8 Å². The summed E-state index contributed by atoms with van der Waals surface area (Å²) in [6.07, 6.45) is -4.76. The number of hydrogen-bond acceptors (Lipinski definition) is 6. The van der Waals surface area contributed by atoms with Gasteiger partial charge in [-0.1, -0.05) is 42.5 Å². The van der Waals surface area contributed by atoms with E-state index in [1.54, 1.807) is 68.4 Å². The van der Waals surface area contributed by atoms with Crippen molar-refractivity contribution in [3.63, 3.8) is 0 Å². The van der Waals surface area contributed by atoms with Crippen LogP contribution in [0.3, 0.4) is 0 Å². The molecule has 0 bridgehead atoms. The lowest BCUT2D eigenvalue weighted by molar-refractivity contribution is -0.140. The summed E-state index contributed by atoms with van der Waals surface area (Å²) in [7, 11) is 2.96. The molecule has 10 heteroatoms. The Hall–Kier alpha value is -4.99. The van der Waals surface area contributed by atoms with Gasteiger partial charge in [-0.3, -0.25) is 9.36 Å². The van der Waals surface area contributed by atoms with Crippen molar-refractivity contribution in [2.24, 2.45) is 0 Å². The van der Waals surface area contributed by atoms with Gasteiger partial charge in [-0.15, -0.1) is 0 Å². The zero-order valence-electron chi connectivity index (χ0n) is 23.9. The molecule has 1 aliphatic heterocycles. The van der Waals surface area contributed by atoms with Crippen molar-refractivity contribution in [1.82, 2.24) is 4.57 Å². The lowest BCUT2D eigenvalue weighted by Gasteiger charge is -2.32. The van der Waals surface area contributed by atoms with E-state index in [2.05, 4.69) is 5.32 Å². The molecular weight excluding hydrogens is 561 g/mol. The average molecular weight is 591 g/mol. The van der Waals surface area contributed by atoms with Gasteiger partial charge in [0.25, 0.3) is 5.56 Å². The Bertz CT molecular complexity index is 1790. The average Bonchev–Trinajstić information content (AvgIpc) is 3.00. The number of carbonyl (C=O) groups is 1. The van der Waals surface area contributed by atoms with E-state index in [0.29, 0.717) is 28.4 Å². The number of ether oxygens (including phenoxy) is 3. The minimum Gasteiger partial charge on any atom is -0.496 e. The fraction of sp³-hybridized carbons (Fsp3) is 0.212. The van der Waals surface area contributed by atoms with Crippen molar-refractivity contribution in [1.29, 1.82) is 0 Å². The Kier molecular flexibility index (Phi) is 8.04. The van der Waals surface area contributed by atoms with Crippen LogP contribution in [0.2, 0.25) is 0 Å². The van der Waals surface area contributed by atoms with Crippen molar-refractivity contribution in [2.45, 2.75) is 25.9 Å². The number of alkyl halides is 3. The second-order valence-electron chi connectivity index (χ2n) is 9.77. The number of carbonyl (C=O) groups excluding carboxylic acids is 1. The van der Waals surface area contributed by atoms with Crippen LogP contribution in [0.15, 0.2) is 94.9 Å². The Morgan fingerprint density at radius 3 is 2.23 bits per heavy atom. The molecule has 2 heterocycles. The van der Waals surface area contributed by atoms with Crippen LogP contribution in [0, 0.1) is 0 Å². The molecule has 1 unspecified atom stereocenters. The number of benzene rings is 3. The minimum atomic E-state index is -4.76. The van der Waals surface area contributed by atoms with E-state index in [1.807, 2.05) is 0 Å². The number of para-hydroxylation sites is 3. The molecule has 0 amide bonds. The highest BCUT2D eigenvalue weighted by atomic mass is 19.4. The molecule has 43 heavy (non-hydrogen) atoms. The Morgan fingerprint density at radius 2 is 1.56 bits per heavy atom. The maximum absolute atomic E-state index is 14.8. The molecule has 0 spiro atoms. The number of anilines is 1. The summed E-state index contributed by atoms with van der Waals surface area (Å²) in [5.41, 5.74) is -0.144. The SMILES string of the molecule is CCOC(=O)C1=C(C)Nc2cc(-c3ccccc3OC)n(-c3ccccc3OC)c(=O)c2C1c1ccccc1C(F)(F)F. The Labute approximate surface area is 246 Å². The quantitative estimate of drug-likeness (QED) is 0.235. The molecule has 3 aromatic carbocycles. The van der Waals surface area contributed by atoms with Crippen molar-refractivity contribution >= 4 is 11.7 Å². The topological polar surface area (TPSA) is 78.8 Å². The van der Waals surface area contributed by atoms with Crippen LogP contribution < -0.4 is 20.3 Å². The number of allylic oxidation sites excluding steroid dienone is 1. The van der Waals surface area contributed by atoms with E-state index < -0.39 is 29.2 Å². The molecule has 0 aliphatic carbocycles. The van der Waals surface area contributed by atoms with Gasteiger partial charge in [0.1, 0.15) is 11.5 Å². The Balaban J connectivity index is 1.94. The highest BCUT2D eigenvalue weighted by Gasteiger charge is 2.42. The zero-order chi connectivity index (χ0) is 30.9. The smallest absolute Gasteiger partial charge is 0.416 e. The number of rotatable bonds is 7. The van der Waals surface area contributed by atoms with Crippen LogP contribution >= 0.6 is 0 Å². The largest absolute Gasteiger partial charge is 0.496 e. The van der Waals surface area contributed by atoms with E-state index in [4.69, 9.17) is 14.2 Å². The van der Waals surface area contributed by atoms with E-state index in [9.17, 15) is 22.8 Å². The van der Waals surface area contributed by atoms with Gasteiger partial charge in [0.15, 0.2) is 0 Å². The van der Waals surface area contributed by atoms with E-state index >= 15 is 0 Å². The molecule has 1 aromatic heterocycles. The van der Waals surface area contributed by atoms with Crippen molar-refractivity contribution in [2.75, 3.05) is 26.1 Å². The standard InChI is InChI=1S/C33H29F3N2O5/c1-5-43-32(40)28-19(2)37-23-18-25(21-13-7-10-16-26(21)41-3)38(24-15-9-11-17-27(24)42-4)31(39)30(23)29(28)20-12-6-8-14-22(20)33(34,35)36/h6-18,29,37H,5H2,1-4H3. The van der Waals surface area contributed by atoms with Crippen LogP contribution in [0.5, 0.6) is 11.5 Å². The maximum atomic E-state index is 14.8. The van der Waals surface area contributed by atoms with Gasteiger partial charge >= 0.3 is 12.1 Å². The molecule has 0 fully saturated rings. The van der Waals surface area contributed by atoms with Crippen LogP contribution in [-0.2, 0) is 15.7 Å². The molecule has 1 atom stereocenters. The number of esters is 1. The number of methoxy groups -OCH3 is 2. The van der Waals surface area contributed by atoms with Crippen LogP contribution in [0.4, 0.5) is 18.9 Å². The molecule has 1 aliphatic rings. The van der Waals surface area contributed by atoms with Crippen molar-refractivity contribution < 1.29 is 32.2 Å². The first kappa shape index (κ1) is 29.5. The predicted octanol–water partition coefficient (Wildman–Crippen LogP) is 6.94. The van der Waals surface area contributed by atoms with Crippen molar-refractivity contribution in [3.8, 4) is 28.4 Å². The van der Waals surface area contributed by atoms with Gasteiger partial charge in [-0.2, -0.15) is 13.2 Å². The van der Waals surface area contributed by atoms with E-state index in [0.717, 1.165) is 6.07 Å². The summed E-state index contributed by atoms with van der Waals surface area (Å²) in [4.78, 5) is 28.2. The highest BCUT2D eigenvalue weighted by Crippen LogP contribution is 2.47. The number of fused-ring (bicyclic) bond motifs is 1. The predicted molar refractivity (Wildman–Crippen MR) is 157 cm³/mol. The van der Waals surface area contributed by atoms with Gasteiger partial charge in [0.2, 0.25) is 0 Å². The third-order valence-corrected chi connectivity index (χ3v) is 7.33. The lowest BCUT2D eigenvalue weighted by Crippen LogP contribution is -2.34. The normalized spacial score (nSPS) is 14.5. The molecule has 5 rings (SSSR count). The molecule has 0 saturated heterocycles. The zero-order valence-corrected chi connectivity index (χ0v) is 23.9. The molecule has 7 nitrogen and oxygen atoms in total. The number of nitrogens with zero attached hydrogens (tertiary/aromatic N) is 1. The highest BCUT2D eigenvalue weighted by molar-refractivity contribution is 5.95. The molecule has 222 valence electrons. The maximum Gasteiger partial charge on any atom is 0.416 e. The molecular formula is C33H29F3N2O5. The second kappa shape index (κ2) is 11.7. The van der Waals surface area contributed by atoms with Gasteiger partial charge in [0, 0.05) is 11.3 Å². The molecule has 0 saturated carbocycles. The van der Waals surface area contributed by atoms with Gasteiger partial charge < -0.3 is 19.5 Å². The number of hydrogen-bond donors (Lipinski definition) is 1. The second-order valence-corrected chi connectivity index (χ2v) is 9.77. The lowest BCUT2D eigenvalue weighted by atomic mass is 9.79. The molecule has 1 N–H and O–H groups in total. The first-order valence-corrected chi connectivity index (χ1v) is 13.5. The van der Waals surface area contributed by atoms with Crippen LogP contribution in [0.25, 0.3) is 16.9 Å². The summed E-state index contributed by atoms with van der Waals surface area (Å²) < 4.78 is 61.1.